The minimum atomic E-state index is -4.33. The quantitative estimate of drug-likeness (QED) is 0.486. The first kappa shape index (κ1) is 24.4. The zero-order chi connectivity index (χ0) is 21.5. The van der Waals surface area contributed by atoms with Crippen LogP contribution >= 0.6 is 0 Å². The third kappa shape index (κ3) is 8.55. The van der Waals surface area contributed by atoms with Gasteiger partial charge in [0, 0.05) is 19.2 Å². The lowest BCUT2D eigenvalue weighted by Crippen LogP contribution is -2.36. The van der Waals surface area contributed by atoms with Crippen molar-refractivity contribution in [3.8, 4) is 0 Å². The van der Waals surface area contributed by atoms with Gasteiger partial charge in [0.1, 0.15) is 5.60 Å². The molecule has 1 rings (SSSR count). The largest absolute Gasteiger partial charge is 0.444 e. The minimum absolute atomic E-state index is 0.162. The van der Waals surface area contributed by atoms with E-state index in [9.17, 15) is 17.8 Å². The zero-order valence-electron chi connectivity index (χ0n) is 17.4. The minimum Gasteiger partial charge on any atom is -0.444 e. The SMILES string of the molecule is Cc1ccc(S(=O)(=O)O)c(C(C)OCCOCCN(C)C(=O)OC(C)(C)C)c1. The molecule has 1 N–H and O–H groups in total. The first-order chi connectivity index (χ1) is 12.8. The van der Waals surface area contributed by atoms with Gasteiger partial charge in [-0.25, -0.2) is 4.79 Å². The van der Waals surface area contributed by atoms with Gasteiger partial charge < -0.3 is 19.1 Å². The highest BCUT2D eigenvalue weighted by Crippen LogP contribution is 2.26. The van der Waals surface area contributed by atoms with Gasteiger partial charge in [-0.2, -0.15) is 8.42 Å². The lowest BCUT2D eigenvalue weighted by molar-refractivity contribution is 0.000652. The molecule has 0 aromatic heterocycles. The summed E-state index contributed by atoms with van der Waals surface area (Å²) in [5.41, 5.74) is 0.707. The summed E-state index contributed by atoms with van der Waals surface area (Å²) in [7, 11) is -2.70. The fourth-order valence-corrected chi connectivity index (χ4v) is 3.09. The van der Waals surface area contributed by atoms with Crippen molar-refractivity contribution in [1.29, 1.82) is 0 Å². The van der Waals surface area contributed by atoms with Gasteiger partial charge in [0.15, 0.2) is 0 Å². The van der Waals surface area contributed by atoms with Crippen molar-refractivity contribution in [2.24, 2.45) is 0 Å². The normalized spacial score (nSPS) is 13.2. The molecule has 1 amide bonds. The number of hydrogen-bond donors (Lipinski definition) is 1. The van der Waals surface area contributed by atoms with Crippen molar-refractivity contribution in [3.05, 3.63) is 29.3 Å². The maximum atomic E-state index is 11.8. The van der Waals surface area contributed by atoms with Gasteiger partial charge in [-0.3, -0.25) is 4.55 Å². The van der Waals surface area contributed by atoms with Crippen molar-refractivity contribution in [1.82, 2.24) is 4.90 Å². The number of rotatable bonds is 9. The number of likely N-dealkylation sites (N-methyl/N-ethyl adjacent to an activating group) is 1. The van der Waals surface area contributed by atoms with Crippen LogP contribution in [0.3, 0.4) is 0 Å². The molecule has 0 saturated heterocycles. The van der Waals surface area contributed by atoms with Crippen LogP contribution in [0.15, 0.2) is 23.1 Å². The molecular formula is C19H31NO7S. The van der Waals surface area contributed by atoms with Crippen molar-refractivity contribution in [2.75, 3.05) is 33.4 Å². The summed E-state index contributed by atoms with van der Waals surface area (Å²) in [5, 5.41) is 0. The van der Waals surface area contributed by atoms with Crippen molar-refractivity contribution in [2.45, 2.75) is 51.2 Å². The number of carbonyl (C=O) groups is 1. The Morgan fingerprint density at radius 1 is 1.21 bits per heavy atom. The van der Waals surface area contributed by atoms with Crippen LogP contribution in [-0.2, 0) is 24.3 Å². The Labute approximate surface area is 167 Å². The highest BCUT2D eigenvalue weighted by Gasteiger charge is 2.21. The first-order valence-electron chi connectivity index (χ1n) is 9.03. The van der Waals surface area contributed by atoms with Crippen LogP contribution in [0.5, 0.6) is 0 Å². The topological polar surface area (TPSA) is 102 Å². The van der Waals surface area contributed by atoms with Crippen LogP contribution in [0, 0.1) is 6.92 Å². The van der Waals surface area contributed by atoms with Crippen LogP contribution in [0.4, 0.5) is 4.79 Å². The molecule has 8 nitrogen and oxygen atoms in total. The van der Waals surface area contributed by atoms with Crippen LogP contribution in [-0.4, -0.2) is 63.0 Å². The summed E-state index contributed by atoms with van der Waals surface area (Å²) in [6, 6.07) is 4.65. The van der Waals surface area contributed by atoms with Gasteiger partial charge in [0.05, 0.1) is 30.8 Å². The molecule has 28 heavy (non-hydrogen) atoms. The second kappa shape index (κ2) is 10.2. The molecule has 0 fully saturated rings. The molecule has 160 valence electrons. The molecule has 1 atom stereocenters. The Bertz CT molecular complexity index is 756. The number of ether oxygens (including phenoxy) is 3. The monoisotopic (exact) mass is 417 g/mol. The standard InChI is InChI=1S/C19H31NO7S/c1-14-7-8-17(28(22,23)24)16(13-14)15(2)26-12-11-25-10-9-20(6)18(21)27-19(3,4)5/h7-8,13,15H,9-12H2,1-6H3,(H,22,23,24). The lowest BCUT2D eigenvalue weighted by Gasteiger charge is -2.24. The Morgan fingerprint density at radius 3 is 2.43 bits per heavy atom. The second-order valence-corrected chi connectivity index (χ2v) is 8.93. The molecule has 0 radical (unpaired) electrons. The summed E-state index contributed by atoms with van der Waals surface area (Å²) in [5.74, 6) is 0. The molecule has 1 unspecified atom stereocenters. The third-order valence-electron chi connectivity index (χ3n) is 3.75. The predicted octanol–water partition coefficient (Wildman–Crippen LogP) is 3.20. The number of amides is 1. The lowest BCUT2D eigenvalue weighted by atomic mass is 10.1. The van der Waals surface area contributed by atoms with Gasteiger partial charge in [-0.15, -0.1) is 0 Å². The van der Waals surface area contributed by atoms with Crippen LogP contribution in [0.2, 0.25) is 0 Å². The fourth-order valence-electron chi connectivity index (χ4n) is 2.33. The molecule has 0 bridgehead atoms. The zero-order valence-corrected chi connectivity index (χ0v) is 18.2. The van der Waals surface area contributed by atoms with Gasteiger partial charge in [-0.1, -0.05) is 17.7 Å². The van der Waals surface area contributed by atoms with E-state index in [1.165, 1.54) is 11.0 Å². The Morgan fingerprint density at radius 2 is 1.86 bits per heavy atom. The molecule has 0 saturated carbocycles. The molecule has 1 aromatic rings. The number of carbonyl (C=O) groups excluding carboxylic acids is 1. The van der Waals surface area contributed by atoms with E-state index in [0.29, 0.717) is 18.7 Å². The molecule has 0 heterocycles. The maximum Gasteiger partial charge on any atom is 0.410 e. The number of hydrogen-bond acceptors (Lipinski definition) is 6. The van der Waals surface area contributed by atoms with E-state index in [4.69, 9.17) is 14.2 Å². The van der Waals surface area contributed by atoms with Gasteiger partial charge in [0.2, 0.25) is 0 Å². The molecule has 1 aromatic carbocycles. The van der Waals surface area contributed by atoms with Gasteiger partial charge in [0.25, 0.3) is 10.1 Å². The Kier molecular flexibility index (Phi) is 8.87. The Balaban J connectivity index is 2.41. The molecule has 0 spiro atoms. The number of aryl methyl sites for hydroxylation is 1. The average molecular weight is 418 g/mol. The van der Waals surface area contributed by atoms with E-state index in [0.717, 1.165) is 5.56 Å². The highest BCUT2D eigenvalue weighted by molar-refractivity contribution is 7.85. The van der Waals surface area contributed by atoms with E-state index in [1.807, 2.05) is 6.92 Å². The van der Waals surface area contributed by atoms with Crippen molar-refractivity contribution >= 4 is 16.2 Å². The predicted molar refractivity (Wildman–Crippen MR) is 105 cm³/mol. The molecular weight excluding hydrogens is 386 g/mol. The number of nitrogens with zero attached hydrogens (tertiary/aromatic N) is 1. The smallest absolute Gasteiger partial charge is 0.410 e. The fraction of sp³-hybridized carbons (Fsp3) is 0.632. The van der Waals surface area contributed by atoms with E-state index in [1.54, 1.807) is 46.9 Å². The van der Waals surface area contributed by atoms with Crippen LogP contribution in [0.25, 0.3) is 0 Å². The summed E-state index contributed by atoms with van der Waals surface area (Å²) < 4.78 is 48.7. The second-order valence-electron chi connectivity index (χ2n) is 7.54. The van der Waals surface area contributed by atoms with E-state index in [2.05, 4.69) is 0 Å². The first-order valence-corrected chi connectivity index (χ1v) is 10.5. The van der Waals surface area contributed by atoms with Crippen molar-refractivity contribution in [3.63, 3.8) is 0 Å². The van der Waals surface area contributed by atoms with Crippen molar-refractivity contribution < 1.29 is 32.0 Å². The summed E-state index contributed by atoms with van der Waals surface area (Å²) >= 11 is 0. The van der Waals surface area contributed by atoms with E-state index < -0.39 is 27.9 Å². The summed E-state index contributed by atoms with van der Waals surface area (Å²) in [4.78, 5) is 13.1. The van der Waals surface area contributed by atoms with E-state index >= 15 is 0 Å². The molecule has 0 aliphatic rings. The Hall–Kier alpha value is -1.68. The third-order valence-corrected chi connectivity index (χ3v) is 4.68. The highest BCUT2D eigenvalue weighted by atomic mass is 32.2. The summed E-state index contributed by atoms with van der Waals surface area (Å²) in [6.45, 7) is 10.1. The van der Waals surface area contributed by atoms with Crippen LogP contribution in [0.1, 0.15) is 44.9 Å². The number of benzene rings is 1. The van der Waals surface area contributed by atoms with Gasteiger partial charge in [-0.05, 0) is 40.7 Å². The van der Waals surface area contributed by atoms with Crippen LogP contribution < -0.4 is 0 Å². The summed E-state index contributed by atoms with van der Waals surface area (Å²) in [6.07, 6.45) is -0.956. The average Bonchev–Trinajstić information content (AvgIpc) is 2.54. The maximum absolute atomic E-state index is 11.8. The van der Waals surface area contributed by atoms with E-state index in [-0.39, 0.29) is 18.1 Å². The van der Waals surface area contributed by atoms with Gasteiger partial charge >= 0.3 is 6.09 Å². The molecule has 0 aliphatic heterocycles. The molecule has 0 aliphatic carbocycles. The molecule has 9 heteroatoms.